The first-order chi connectivity index (χ1) is 12.8. The summed E-state index contributed by atoms with van der Waals surface area (Å²) >= 11 is 5.56. The fourth-order valence-corrected chi connectivity index (χ4v) is 2.27. The highest BCUT2D eigenvalue weighted by Gasteiger charge is 2.19. The Balaban J connectivity index is 1.82. The molecule has 0 aliphatic carbocycles. The van der Waals surface area contributed by atoms with E-state index in [1.54, 1.807) is 12.1 Å². The van der Waals surface area contributed by atoms with Gasteiger partial charge in [0.1, 0.15) is 17.3 Å². The number of ether oxygens (including phenoxy) is 2. The molecule has 0 aliphatic heterocycles. The Morgan fingerprint density at radius 2 is 1.70 bits per heavy atom. The number of pyridine rings is 1. The van der Waals surface area contributed by atoms with E-state index in [1.807, 2.05) is 6.92 Å². The highest BCUT2D eigenvalue weighted by molar-refractivity contribution is 6.30. The molecule has 27 heavy (non-hydrogen) atoms. The standard InChI is InChI=1S/C19H11ClF3NO3/c1-10-2-4-11(5-3-10)27-19(25)13-7-16(22)17(8-15(13)21)26-12-6-14(20)18(23)24-9-12/h2-9H,1H3. The predicted octanol–water partition coefficient (Wildman–Crippen LogP) is 5.47. The Hall–Kier alpha value is -3.06. The number of benzene rings is 2. The first-order valence-corrected chi connectivity index (χ1v) is 7.98. The highest BCUT2D eigenvalue weighted by Crippen LogP contribution is 2.29. The Labute approximate surface area is 157 Å². The zero-order chi connectivity index (χ0) is 19.6. The van der Waals surface area contributed by atoms with Gasteiger partial charge in [0.25, 0.3) is 0 Å². The number of esters is 1. The van der Waals surface area contributed by atoms with Crippen molar-refractivity contribution in [1.29, 1.82) is 0 Å². The molecule has 0 bridgehead atoms. The molecule has 0 aliphatic rings. The van der Waals surface area contributed by atoms with Gasteiger partial charge < -0.3 is 9.47 Å². The van der Waals surface area contributed by atoms with Crippen LogP contribution in [0, 0.1) is 24.5 Å². The van der Waals surface area contributed by atoms with E-state index in [1.165, 1.54) is 12.1 Å². The van der Waals surface area contributed by atoms with Crippen molar-refractivity contribution in [3.8, 4) is 17.2 Å². The SMILES string of the molecule is Cc1ccc(OC(=O)c2cc(F)c(Oc3cnc(F)c(Cl)c3)cc2F)cc1. The average Bonchev–Trinajstić information content (AvgIpc) is 2.63. The zero-order valence-corrected chi connectivity index (χ0v) is 14.6. The first kappa shape index (κ1) is 18.7. The lowest BCUT2D eigenvalue weighted by molar-refractivity contribution is 0.0729. The molecule has 0 spiro atoms. The molecule has 0 amide bonds. The third kappa shape index (κ3) is 4.38. The molecule has 3 aromatic rings. The molecule has 0 saturated heterocycles. The fraction of sp³-hybridized carbons (Fsp3) is 0.0526. The summed E-state index contributed by atoms with van der Waals surface area (Å²) in [5.41, 5.74) is 0.347. The van der Waals surface area contributed by atoms with Gasteiger partial charge in [0, 0.05) is 12.1 Å². The van der Waals surface area contributed by atoms with E-state index in [-0.39, 0.29) is 16.5 Å². The van der Waals surface area contributed by atoms with Crippen molar-refractivity contribution in [3.05, 3.63) is 82.4 Å². The van der Waals surface area contributed by atoms with E-state index in [0.717, 1.165) is 17.8 Å². The molecule has 0 unspecified atom stereocenters. The number of carbonyl (C=O) groups excluding carboxylic acids is 1. The zero-order valence-electron chi connectivity index (χ0n) is 13.8. The van der Waals surface area contributed by atoms with Crippen molar-refractivity contribution < 1.29 is 27.4 Å². The van der Waals surface area contributed by atoms with Crippen LogP contribution in [0.4, 0.5) is 13.2 Å². The number of rotatable bonds is 4. The number of carbonyl (C=O) groups is 1. The van der Waals surface area contributed by atoms with Crippen LogP contribution < -0.4 is 9.47 Å². The van der Waals surface area contributed by atoms with Crippen LogP contribution in [0.15, 0.2) is 48.7 Å². The second kappa shape index (κ2) is 7.67. The minimum absolute atomic E-state index is 0.102. The number of nitrogens with zero attached hydrogens (tertiary/aromatic N) is 1. The van der Waals surface area contributed by atoms with Crippen LogP contribution in [0.1, 0.15) is 15.9 Å². The van der Waals surface area contributed by atoms with Gasteiger partial charge in [-0.25, -0.2) is 18.6 Å². The van der Waals surface area contributed by atoms with Crippen LogP contribution in [0.5, 0.6) is 17.2 Å². The average molecular weight is 394 g/mol. The third-order valence-corrected chi connectivity index (χ3v) is 3.74. The second-order valence-electron chi connectivity index (χ2n) is 5.51. The van der Waals surface area contributed by atoms with E-state index < -0.39 is 34.9 Å². The minimum Gasteiger partial charge on any atom is -0.452 e. The number of halogens is 4. The van der Waals surface area contributed by atoms with E-state index in [2.05, 4.69) is 4.98 Å². The van der Waals surface area contributed by atoms with E-state index in [0.29, 0.717) is 12.1 Å². The molecular weight excluding hydrogens is 383 g/mol. The maximum Gasteiger partial charge on any atom is 0.346 e. The second-order valence-corrected chi connectivity index (χ2v) is 5.92. The summed E-state index contributed by atoms with van der Waals surface area (Å²) in [6.07, 6.45) is 0.956. The molecule has 1 aromatic heterocycles. The van der Waals surface area contributed by atoms with Crippen LogP contribution in [0.25, 0.3) is 0 Å². The van der Waals surface area contributed by atoms with Gasteiger partial charge in [-0.15, -0.1) is 0 Å². The van der Waals surface area contributed by atoms with Crippen molar-refractivity contribution in [2.24, 2.45) is 0 Å². The molecule has 1 heterocycles. The lowest BCUT2D eigenvalue weighted by Gasteiger charge is -2.10. The van der Waals surface area contributed by atoms with Crippen molar-refractivity contribution >= 4 is 17.6 Å². The van der Waals surface area contributed by atoms with Crippen LogP contribution in [-0.2, 0) is 0 Å². The van der Waals surface area contributed by atoms with Crippen LogP contribution in [0.2, 0.25) is 5.02 Å². The third-order valence-electron chi connectivity index (χ3n) is 3.47. The smallest absolute Gasteiger partial charge is 0.346 e. The Kier molecular flexibility index (Phi) is 5.32. The lowest BCUT2D eigenvalue weighted by atomic mass is 10.2. The molecule has 2 aromatic carbocycles. The Bertz CT molecular complexity index is 1010. The minimum atomic E-state index is -1.06. The predicted molar refractivity (Wildman–Crippen MR) is 91.8 cm³/mol. The number of hydrogen-bond donors (Lipinski definition) is 0. The summed E-state index contributed by atoms with van der Waals surface area (Å²) in [6, 6.07) is 8.87. The summed E-state index contributed by atoms with van der Waals surface area (Å²) in [5.74, 6) is -4.49. The maximum atomic E-state index is 14.2. The lowest BCUT2D eigenvalue weighted by Crippen LogP contribution is -2.11. The van der Waals surface area contributed by atoms with E-state index in [4.69, 9.17) is 21.1 Å². The monoisotopic (exact) mass is 393 g/mol. The molecule has 0 fully saturated rings. The van der Waals surface area contributed by atoms with Gasteiger partial charge in [-0.3, -0.25) is 0 Å². The number of aryl methyl sites for hydroxylation is 1. The summed E-state index contributed by atoms with van der Waals surface area (Å²) in [4.78, 5) is 15.4. The van der Waals surface area contributed by atoms with E-state index >= 15 is 0 Å². The van der Waals surface area contributed by atoms with Gasteiger partial charge in [-0.1, -0.05) is 29.3 Å². The normalized spacial score (nSPS) is 10.6. The molecular formula is C19H11ClF3NO3. The van der Waals surface area contributed by atoms with Crippen molar-refractivity contribution in [2.75, 3.05) is 0 Å². The first-order valence-electron chi connectivity index (χ1n) is 7.60. The molecule has 8 heteroatoms. The Morgan fingerprint density at radius 1 is 1.00 bits per heavy atom. The van der Waals surface area contributed by atoms with E-state index in [9.17, 15) is 18.0 Å². The quantitative estimate of drug-likeness (QED) is 0.335. The van der Waals surface area contributed by atoms with Gasteiger partial charge in [-0.2, -0.15) is 4.39 Å². The van der Waals surface area contributed by atoms with Crippen molar-refractivity contribution in [2.45, 2.75) is 6.92 Å². The summed E-state index contributed by atoms with van der Waals surface area (Å²) in [6.45, 7) is 1.85. The van der Waals surface area contributed by atoms with Gasteiger partial charge in [0.15, 0.2) is 11.6 Å². The molecule has 138 valence electrons. The van der Waals surface area contributed by atoms with Gasteiger partial charge in [0.2, 0.25) is 5.95 Å². The topological polar surface area (TPSA) is 48.4 Å². The van der Waals surface area contributed by atoms with Crippen molar-refractivity contribution in [1.82, 2.24) is 4.98 Å². The summed E-state index contributed by atoms with van der Waals surface area (Å²) in [5, 5.41) is -0.341. The highest BCUT2D eigenvalue weighted by atomic mass is 35.5. The fourth-order valence-electron chi connectivity index (χ4n) is 2.12. The van der Waals surface area contributed by atoms with Crippen LogP contribution in [-0.4, -0.2) is 11.0 Å². The van der Waals surface area contributed by atoms with Crippen LogP contribution >= 0.6 is 11.6 Å². The molecule has 0 radical (unpaired) electrons. The van der Waals surface area contributed by atoms with Gasteiger partial charge in [-0.05, 0) is 25.1 Å². The maximum absolute atomic E-state index is 14.2. The summed E-state index contributed by atoms with van der Waals surface area (Å²) < 4.78 is 51.6. The number of hydrogen-bond acceptors (Lipinski definition) is 4. The Morgan fingerprint density at radius 3 is 2.37 bits per heavy atom. The van der Waals surface area contributed by atoms with Crippen LogP contribution in [0.3, 0.4) is 0 Å². The largest absolute Gasteiger partial charge is 0.452 e. The molecule has 3 rings (SSSR count). The van der Waals surface area contributed by atoms with Crippen molar-refractivity contribution in [3.63, 3.8) is 0 Å². The molecule has 4 nitrogen and oxygen atoms in total. The number of aromatic nitrogens is 1. The molecule has 0 saturated carbocycles. The molecule has 0 N–H and O–H groups in total. The molecule has 0 atom stereocenters. The van der Waals surface area contributed by atoms with Gasteiger partial charge >= 0.3 is 5.97 Å². The summed E-state index contributed by atoms with van der Waals surface area (Å²) in [7, 11) is 0. The van der Waals surface area contributed by atoms with Gasteiger partial charge in [0.05, 0.1) is 16.8 Å².